The Morgan fingerprint density at radius 1 is 0.977 bits per heavy atom. The van der Waals surface area contributed by atoms with Crippen LogP contribution in [0.1, 0.15) is 43.1 Å². The number of aromatic nitrogens is 6. The van der Waals surface area contributed by atoms with Gasteiger partial charge < -0.3 is 10.0 Å². The Labute approximate surface area is 249 Å². The zero-order valence-electron chi connectivity index (χ0n) is 24.3. The molecule has 2 bridgehead atoms. The molecule has 10 nitrogen and oxygen atoms in total. The molecule has 8 rings (SSSR count). The van der Waals surface area contributed by atoms with Crippen LogP contribution >= 0.6 is 0 Å². The maximum atomic E-state index is 11.2. The third kappa shape index (κ3) is 4.62. The fraction of sp³-hybridized carbons (Fsp3) is 0.303. The molecule has 3 atom stereocenters. The van der Waals surface area contributed by atoms with Crippen LogP contribution in [0.5, 0.6) is 0 Å². The van der Waals surface area contributed by atoms with Crippen LogP contribution in [0.2, 0.25) is 0 Å². The van der Waals surface area contributed by atoms with Crippen LogP contribution in [-0.2, 0) is 7.05 Å². The number of nitrogens with zero attached hydrogens (tertiary/aromatic N) is 9. The van der Waals surface area contributed by atoms with Crippen LogP contribution in [0.4, 0.5) is 5.82 Å². The lowest BCUT2D eigenvalue weighted by Gasteiger charge is -2.60. The van der Waals surface area contributed by atoms with E-state index in [2.05, 4.69) is 49.1 Å². The van der Waals surface area contributed by atoms with Gasteiger partial charge >= 0.3 is 0 Å². The molecule has 0 spiro atoms. The lowest BCUT2D eigenvalue weighted by atomic mass is 9.80. The summed E-state index contributed by atoms with van der Waals surface area (Å²) in [6, 6.07) is 12.6. The fourth-order valence-electron chi connectivity index (χ4n) is 6.66. The SMILES string of the molecule is C#Cc1ccc(C(N2C3CC2CN(c2ccc(-c4cc(-c5cnn(C)c5)cn5ncc(C#N)c45)cn2)C3)C(C)(C)O)nc1. The van der Waals surface area contributed by atoms with E-state index in [0.717, 1.165) is 64.4 Å². The maximum Gasteiger partial charge on any atom is 0.128 e. The Morgan fingerprint density at radius 2 is 1.79 bits per heavy atom. The molecule has 0 amide bonds. The van der Waals surface area contributed by atoms with Gasteiger partial charge in [0.05, 0.1) is 40.8 Å². The molecular weight excluding hydrogens is 538 g/mol. The lowest BCUT2D eigenvalue weighted by molar-refractivity contribution is -0.115. The molecule has 0 saturated carbocycles. The molecule has 1 N–H and O–H groups in total. The van der Waals surface area contributed by atoms with Gasteiger partial charge in [-0.3, -0.25) is 14.6 Å². The summed E-state index contributed by atoms with van der Waals surface area (Å²) in [7, 11) is 1.88. The lowest BCUT2D eigenvalue weighted by Crippen LogP contribution is -2.71. The topological polar surface area (TPSA) is 111 Å². The Bertz CT molecular complexity index is 1890. The summed E-state index contributed by atoms with van der Waals surface area (Å²) < 4.78 is 3.52. The maximum absolute atomic E-state index is 11.2. The number of fused-ring (bicyclic) bond motifs is 3. The molecule has 3 aliphatic heterocycles. The van der Waals surface area contributed by atoms with Crippen molar-refractivity contribution in [3.63, 3.8) is 0 Å². The molecule has 3 saturated heterocycles. The monoisotopic (exact) mass is 569 g/mol. The quantitative estimate of drug-likeness (QED) is 0.307. The van der Waals surface area contributed by atoms with Crippen molar-refractivity contribution < 1.29 is 5.11 Å². The molecule has 0 aliphatic carbocycles. The average Bonchev–Trinajstić information content (AvgIpc) is 3.65. The number of aryl methyl sites for hydroxylation is 1. The number of anilines is 1. The van der Waals surface area contributed by atoms with Gasteiger partial charge in [0.2, 0.25) is 0 Å². The highest BCUT2D eigenvalue weighted by atomic mass is 16.3. The van der Waals surface area contributed by atoms with Crippen molar-refractivity contribution in [3.8, 4) is 40.7 Å². The fourth-order valence-corrected chi connectivity index (χ4v) is 6.66. The minimum Gasteiger partial charge on any atom is -0.388 e. The molecule has 0 radical (unpaired) electrons. The molecule has 10 heteroatoms. The van der Waals surface area contributed by atoms with Crippen LogP contribution in [0.25, 0.3) is 27.8 Å². The van der Waals surface area contributed by atoms with Gasteiger partial charge in [-0.25, -0.2) is 9.50 Å². The number of rotatable bonds is 6. The molecular formula is C33H31N9O. The Hall–Kier alpha value is -5.03. The molecule has 5 aromatic heterocycles. The van der Waals surface area contributed by atoms with Crippen molar-refractivity contribution in [1.82, 2.24) is 34.3 Å². The molecule has 3 fully saturated rings. The van der Waals surface area contributed by atoms with Gasteiger partial charge in [0.15, 0.2) is 0 Å². The Balaban J connectivity index is 1.15. The number of terminal acetylenes is 1. The van der Waals surface area contributed by atoms with E-state index in [0.29, 0.717) is 5.56 Å². The van der Waals surface area contributed by atoms with Crippen molar-refractivity contribution in [1.29, 1.82) is 5.26 Å². The number of pyridine rings is 3. The van der Waals surface area contributed by atoms with Crippen LogP contribution in [0.3, 0.4) is 0 Å². The van der Waals surface area contributed by atoms with E-state index in [4.69, 9.17) is 11.4 Å². The zero-order chi connectivity index (χ0) is 29.9. The standard InChI is InChI=1S/C33H31N9O/c1-5-21-6-8-29(35-13-21)32(33(2,3)43)42-26-11-27(42)20-40(19-26)30-9-7-22(14-36-30)28-10-23(25-16-37-39(4)17-25)18-41-31(28)24(12-34)15-38-41/h1,6-10,13-18,26-27,32,43H,11,19-20H2,2-4H3. The zero-order valence-corrected chi connectivity index (χ0v) is 24.3. The van der Waals surface area contributed by atoms with E-state index in [-0.39, 0.29) is 18.1 Å². The van der Waals surface area contributed by atoms with Crippen molar-refractivity contribution in [2.75, 3.05) is 18.0 Å². The van der Waals surface area contributed by atoms with Crippen LogP contribution < -0.4 is 4.90 Å². The van der Waals surface area contributed by atoms with Crippen molar-refractivity contribution >= 4 is 11.3 Å². The number of hydrogen-bond donors (Lipinski definition) is 1. The summed E-state index contributed by atoms with van der Waals surface area (Å²) in [4.78, 5) is 14.2. The van der Waals surface area contributed by atoms with Crippen LogP contribution in [0.15, 0.2) is 67.5 Å². The number of piperidine rings is 1. The highest BCUT2D eigenvalue weighted by Crippen LogP contribution is 2.44. The van der Waals surface area contributed by atoms with E-state index >= 15 is 0 Å². The smallest absolute Gasteiger partial charge is 0.128 e. The molecule has 3 unspecified atom stereocenters. The number of piperazine rings is 1. The first-order valence-electron chi connectivity index (χ1n) is 14.3. The van der Waals surface area contributed by atoms with Gasteiger partial charge in [0, 0.05) is 84.8 Å². The molecule has 3 aliphatic rings. The van der Waals surface area contributed by atoms with Gasteiger partial charge in [-0.05, 0) is 50.6 Å². The van der Waals surface area contributed by atoms with Gasteiger partial charge in [0.1, 0.15) is 11.9 Å². The summed E-state index contributed by atoms with van der Waals surface area (Å²) in [6.45, 7) is 5.30. The van der Waals surface area contributed by atoms with Crippen LogP contribution in [0, 0.1) is 23.7 Å². The minimum absolute atomic E-state index is 0.236. The van der Waals surface area contributed by atoms with Gasteiger partial charge in [-0.15, -0.1) is 6.42 Å². The average molecular weight is 570 g/mol. The number of hydrogen-bond acceptors (Lipinski definition) is 8. The van der Waals surface area contributed by atoms with Crippen molar-refractivity contribution in [2.24, 2.45) is 7.05 Å². The summed E-state index contributed by atoms with van der Waals surface area (Å²) in [5, 5.41) is 29.7. The van der Waals surface area contributed by atoms with Crippen molar-refractivity contribution in [2.45, 2.75) is 44.0 Å². The first kappa shape index (κ1) is 26.8. The molecule has 214 valence electrons. The summed E-state index contributed by atoms with van der Waals surface area (Å²) in [5.41, 5.74) is 5.55. The predicted octanol–water partition coefficient (Wildman–Crippen LogP) is 3.82. The highest BCUT2D eigenvalue weighted by Gasteiger charge is 2.52. The second-order valence-corrected chi connectivity index (χ2v) is 12.0. The number of aliphatic hydroxyl groups is 1. The Kier molecular flexibility index (Phi) is 6.28. The van der Waals surface area contributed by atoms with Crippen LogP contribution in [-0.4, -0.2) is 70.1 Å². The Morgan fingerprint density at radius 3 is 2.40 bits per heavy atom. The second-order valence-electron chi connectivity index (χ2n) is 12.0. The third-order valence-electron chi connectivity index (χ3n) is 8.60. The van der Waals surface area contributed by atoms with E-state index in [9.17, 15) is 10.4 Å². The normalized spacial score (nSPS) is 19.1. The molecule has 43 heavy (non-hydrogen) atoms. The molecule has 0 aromatic carbocycles. The minimum atomic E-state index is -0.977. The molecule has 5 aromatic rings. The first-order valence-corrected chi connectivity index (χ1v) is 14.3. The van der Waals surface area contributed by atoms with Gasteiger partial charge in [-0.2, -0.15) is 15.5 Å². The summed E-state index contributed by atoms with van der Waals surface area (Å²) in [5.74, 6) is 3.52. The third-order valence-corrected chi connectivity index (χ3v) is 8.60. The summed E-state index contributed by atoms with van der Waals surface area (Å²) in [6.07, 6.45) is 17.5. The van der Waals surface area contributed by atoms with E-state index < -0.39 is 5.60 Å². The van der Waals surface area contributed by atoms with Gasteiger partial charge in [-0.1, -0.05) is 5.92 Å². The summed E-state index contributed by atoms with van der Waals surface area (Å²) >= 11 is 0. The predicted molar refractivity (Wildman–Crippen MR) is 163 cm³/mol. The van der Waals surface area contributed by atoms with Crippen molar-refractivity contribution in [3.05, 3.63) is 84.3 Å². The van der Waals surface area contributed by atoms with E-state index in [1.807, 2.05) is 63.9 Å². The molecule has 8 heterocycles. The second kappa shape index (κ2) is 10.1. The largest absolute Gasteiger partial charge is 0.388 e. The highest BCUT2D eigenvalue weighted by molar-refractivity contribution is 5.87. The first-order chi connectivity index (χ1) is 20.7. The van der Waals surface area contributed by atoms with E-state index in [1.54, 1.807) is 21.6 Å². The van der Waals surface area contributed by atoms with Gasteiger partial charge in [0.25, 0.3) is 0 Å². The number of nitriles is 1. The van der Waals surface area contributed by atoms with E-state index in [1.165, 1.54) is 0 Å².